The molecule has 0 aromatic carbocycles. The van der Waals surface area contributed by atoms with Crippen molar-refractivity contribution in [2.24, 2.45) is 0 Å². The number of fused-ring (bicyclic) bond motifs is 1. The zero-order chi connectivity index (χ0) is 18.7. The van der Waals surface area contributed by atoms with E-state index < -0.39 is 17.2 Å². The molecule has 0 saturated heterocycles. The molecule has 0 saturated carbocycles. The number of pyridine rings is 3. The van der Waals surface area contributed by atoms with Crippen LogP contribution in [-0.4, -0.2) is 38.8 Å². The van der Waals surface area contributed by atoms with Crippen LogP contribution in [0.4, 0.5) is 4.39 Å². The number of nitrogens with zero attached hydrogens (tertiary/aromatic N) is 3. The van der Waals surface area contributed by atoms with Gasteiger partial charge in [0.25, 0.3) is 0 Å². The number of hydrogen-bond acceptors (Lipinski definition) is 6. The van der Waals surface area contributed by atoms with E-state index in [-0.39, 0.29) is 42.0 Å². The summed E-state index contributed by atoms with van der Waals surface area (Å²) in [5.41, 5.74) is -0.178. The van der Waals surface area contributed by atoms with Crippen LogP contribution in [0.2, 0.25) is 0 Å². The summed E-state index contributed by atoms with van der Waals surface area (Å²) in [4.78, 5) is 32.8. The van der Waals surface area contributed by atoms with Gasteiger partial charge in [0.05, 0.1) is 18.6 Å². The molecule has 0 amide bonds. The number of ether oxygens (including phenoxy) is 1. The largest absolute Gasteiger partial charge is 0.462 e. The molecule has 1 N–H and O–H groups in total. The Balaban J connectivity index is 2.30. The van der Waals surface area contributed by atoms with Crippen LogP contribution >= 0.6 is 0 Å². The normalized spacial score (nSPS) is 10.9. The molecule has 7 nitrogen and oxygen atoms in total. The summed E-state index contributed by atoms with van der Waals surface area (Å²) in [6, 6.07) is 4.24. The summed E-state index contributed by atoms with van der Waals surface area (Å²) in [6.07, 6.45) is 4.29. The minimum absolute atomic E-state index is 0.0508. The van der Waals surface area contributed by atoms with E-state index in [1.54, 1.807) is 19.1 Å². The second-order valence-electron chi connectivity index (χ2n) is 5.44. The number of esters is 1. The lowest BCUT2D eigenvalue weighted by Gasteiger charge is -2.13. The van der Waals surface area contributed by atoms with Crippen molar-refractivity contribution in [3.05, 3.63) is 58.4 Å². The van der Waals surface area contributed by atoms with Crippen molar-refractivity contribution in [1.82, 2.24) is 14.5 Å². The van der Waals surface area contributed by atoms with E-state index in [0.717, 1.165) is 6.07 Å². The first-order valence-corrected chi connectivity index (χ1v) is 7.99. The number of carbonyl (C=O) groups excluding carboxylic acids is 1. The molecule has 3 aromatic heterocycles. The Morgan fingerprint density at radius 2 is 2.08 bits per heavy atom. The summed E-state index contributed by atoms with van der Waals surface area (Å²) in [6.45, 7) is 1.55. The molecule has 0 bridgehead atoms. The van der Waals surface area contributed by atoms with Gasteiger partial charge in [-0.1, -0.05) is 0 Å². The van der Waals surface area contributed by atoms with Gasteiger partial charge in [-0.05, 0) is 25.1 Å². The predicted octanol–water partition coefficient (Wildman–Crippen LogP) is 1.77. The molecule has 0 spiro atoms. The average molecular weight is 357 g/mol. The fourth-order valence-electron chi connectivity index (χ4n) is 2.63. The van der Waals surface area contributed by atoms with E-state index in [4.69, 9.17) is 4.74 Å². The topological polar surface area (TPSA) is 94.3 Å². The molecule has 8 heteroatoms. The Kier molecular flexibility index (Phi) is 5.04. The quantitative estimate of drug-likeness (QED) is 0.700. The molecule has 3 rings (SSSR count). The summed E-state index contributed by atoms with van der Waals surface area (Å²) in [5, 5.41) is 9.24. The van der Waals surface area contributed by atoms with E-state index >= 15 is 0 Å². The first kappa shape index (κ1) is 17.7. The van der Waals surface area contributed by atoms with Gasteiger partial charge in [-0.2, -0.15) is 0 Å². The molecule has 0 aliphatic carbocycles. The SMILES string of the molecule is CCOC(=O)c1cn(CCO)c2nc(-c3ccncc3)c(F)cc2c1=O. The third-order valence-electron chi connectivity index (χ3n) is 3.79. The van der Waals surface area contributed by atoms with Crippen molar-refractivity contribution >= 4 is 17.0 Å². The fourth-order valence-corrected chi connectivity index (χ4v) is 2.63. The average Bonchev–Trinajstić information content (AvgIpc) is 2.64. The molecule has 0 aliphatic heterocycles. The molecule has 0 atom stereocenters. The van der Waals surface area contributed by atoms with Crippen molar-refractivity contribution in [3.63, 3.8) is 0 Å². The maximum absolute atomic E-state index is 14.6. The highest BCUT2D eigenvalue weighted by Gasteiger charge is 2.19. The van der Waals surface area contributed by atoms with E-state index in [2.05, 4.69) is 9.97 Å². The molecular formula is C18H16FN3O4. The molecule has 0 radical (unpaired) electrons. The van der Waals surface area contributed by atoms with Crippen LogP contribution in [0, 0.1) is 5.82 Å². The molecule has 3 heterocycles. The van der Waals surface area contributed by atoms with Gasteiger partial charge in [-0.15, -0.1) is 0 Å². The van der Waals surface area contributed by atoms with E-state index in [1.807, 2.05) is 0 Å². The zero-order valence-electron chi connectivity index (χ0n) is 14.0. The Labute approximate surface area is 147 Å². The van der Waals surface area contributed by atoms with Crippen molar-refractivity contribution in [3.8, 4) is 11.3 Å². The highest BCUT2D eigenvalue weighted by Crippen LogP contribution is 2.23. The first-order valence-electron chi connectivity index (χ1n) is 7.99. The maximum Gasteiger partial charge on any atom is 0.343 e. The van der Waals surface area contributed by atoms with Crippen LogP contribution in [0.1, 0.15) is 17.3 Å². The van der Waals surface area contributed by atoms with Gasteiger partial charge in [0.1, 0.15) is 22.7 Å². The highest BCUT2D eigenvalue weighted by atomic mass is 19.1. The third kappa shape index (κ3) is 3.18. The lowest BCUT2D eigenvalue weighted by Crippen LogP contribution is -2.22. The van der Waals surface area contributed by atoms with Gasteiger partial charge in [0, 0.05) is 30.7 Å². The lowest BCUT2D eigenvalue weighted by atomic mass is 10.1. The van der Waals surface area contributed by atoms with Gasteiger partial charge in [-0.25, -0.2) is 14.2 Å². The van der Waals surface area contributed by atoms with Crippen molar-refractivity contribution < 1.29 is 19.0 Å². The second-order valence-corrected chi connectivity index (χ2v) is 5.44. The molecular weight excluding hydrogens is 341 g/mol. The van der Waals surface area contributed by atoms with Gasteiger partial charge in [0.15, 0.2) is 0 Å². The van der Waals surface area contributed by atoms with Crippen LogP contribution in [-0.2, 0) is 11.3 Å². The lowest BCUT2D eigenvalue weighted by molar-refractivity contribution is 0.0524. The van der Waals surface area contributed by atoms with E-state index in [0.29, 0.717) is 5.56 Å². The number of hydrogen-bond donors (Lipinski definition) is 1. The van der Waals surface area contributed by atoms with Crippen LogP contribution in [0.15, 0.2) is 41.6 Å². The highest BCUT2D eigenvalue weighted by molar-refractivity contribution is 5.93. The van der Waals surface area contributed by atoms with Crippen molar-refractivity contribution in [1.29, 1.82) is 0 Å². The van der Waals surface area contributed by atoms with Gasteiger partial charge in [-0.3, -0.25) is 9.78 Å². The van der Waals surface area contributed by atoms with Crippen LogP contribution in [0.5, 0.6) is 0 Å². The van der Waals surface area contributed by atoms with Gasteiger partial charge >= 0.3 is 5.97 Å². The first-order chi connectivity index (χ1) is 12.6. The monoisotopic (exact) mass is 357 g/mol. The molecule has 0 aliphatic rings. The van der Waals surface area contributed by atoms with E-state index in [9.17, 15) is 19.1 Å². The second kappa shape index (κ2) is 7.40. The predicted molar refractivity (Wildman–Crippen MR) is 92.2 cm³/mol. The third-order valence-corrected chi connectivity index (χ3v) is 3.79. The Morgan fingerprint density at radius 1 is 1.35 bits per heavy atom. The summed E-state index contributed by atoms with van der Waals surface area (Å²) in [7, 11) is 0. The fraction of sp³-hybridized carbons (Fsp3) is 0.222. The summed E-state index contributed by atoms with van der Waals surface area (Å²) in [5.74, 6) is -1.50. The smallest absolute Gasteiger partial charge is 0.343 e. The maximum atomic E-state index is 14.6. The Bertz CT molecular complexity index is 1020. The number of aliphatic hydroxyl groups is 1. The summed E-state index contributed by atoms with van der Waals surface area (Å²) < 4.78 is 20.9. The van der Waals surface area contributed by atoms with Gasteiger partial charge < -0.3 is 14.4 Å². The van der Waals surface area contributed by atoms with Crippen molar-refractivity contribution in [2.45, 2.75) is 13.5 Å². The number of rotatable bonds is 5. The molecule has 134 valence electrons. The number of aromatic nitrogens is 3. The standard InChI is InChI=1S/C18H16FN3O4/c1-2-26-18(25)13-10-22(7-8-23)17-12(16(13)24)9-14(19)15(21-17)11-3-5-20-6-4-11/h3-6,9-10,23H,2,7-8H2,1H3. The Hall–Kier alpha value is -3.13. The van der Waals surface area contributed by atoms with Gasteiger partial charge in [0.2, 0.25) is 5.43 Å². The Morgan fingerprint density at radius 3 is 2.73 bits per heavy atom. The summed E-state index contributed by atoms with van der Waals surface area (Å²) >= 11 is 0. The van der Waals surface area contributed by atoms with Crippen LogP contribution in [0.3, 0.4) is 0 Å². The number of aliphatic hydroxyl groups excluding tert-OH is 1. The zero-order valence-corrected chi connectivity index (χ0v) is 14.0. The van der Waals surface area contributed by atoms with Crippen LogP contribution in [0.25, 0.3) is 22.3 Å². The number of halogens is 1. The molecule has 26 heavy (non-hydrogen) atoms. The minimum atomic E-state index is -0.801. The molecule has 0 fully saturated rings. The van der Waals surface area contributed by atoms with E-state index in [1.165, 1.54) is 23.2 Å². The molecule has 0 unspecified atom stereocenters. The molecule has 3 aromatic rings. The van der Waals surface area contributed by atoms with Crippen molar-refractivity contribution in [2.75, 3.05) is 13.2 Å². The number of carbonyl (C=O) groups is 1. The van der Waals surface area contributed by atoms with Crippen LogP contribution < -0.4 is 5.43 Å². The minimum Gasteiger partial charge on any atom is -0.462 e.